The van der Waals surface area contributed by atoms with Crippen molar-refractivity contribution < 1.29 is 29.2 Å². The van der Waals surface area contributed by atoms with Crippen molar-refractivity contribution >= 4 is 0 Å². The molecule has 0 saturated heterocycles. The third-order valence-corrected chi connectivity index (χ3v) is 5.09. The molecule has 0 amide bonds. The van der Waals surface area contributed by atoms with Crippen molar-refractivity contribution in [1.29, 1.82) is 0 Å². The van der Waals surface area contributed by atoms with Gasteiger partial charge < -0.3 is 29.2 Å². The smallest absolute Gasteiger partial charge is 0.103 e. The van der Waals surface area contributed by atoms with Gasteiger partial charge >= 0.3 is 0 Å². The molecule has 0 saturated carbocycles. The van der Waals surface area contributed by atoms with E-state index in [0.717, 1.165) is 12.0 Å². The Kier molecular flexibility index (Phi) is 18.8. The lowest BCUT2D eigenvalue weighted by Crippen LogP contribution is -2.15. The molecule has 2 N–H and O–H groups in total. The summed E-state index contributed by atoms with van der Waals surface area (Å²) in [6.07, 6.45) is 9.43. The fourth-order valence-corrected chi connectivity index (χ4v) is 3.37. The Balaban J connectivity index is 2.09. The van der Waals surface area contributed by atoms with E-state index >= 15 is 0 Å². The van der Waals surface area contributed by atoms with Gasteiger partial charge in [0.25, 0.3) is 0 Å². The Bertz CT molecular complexity index is 511. The molecule has 0 heterocycles. The molecule has 0 fully saturated rings. The second-order valence-corrected chi connectivity index (χ2v) is 7.72. The number of aliphatic hydroxyl groups excluding tert-OH is 2. The Morgan fingerprint density at radius 3 is 1.90 bits per heavy atom. The third kappa shape index (κ3) is 15.4. The first kappa shape index (κ1) is 28.0. The van der Waals surface area contributed by atoms with Gasteiger partial charge in [0.2, 0.25) is 0 Å². The van der Waals surface area contributed by atoms with Crippen molar-refractivity contribution in [3.63, 3.8) is 0 Å². The van der Waals surface area contributed by atoms with Crippen LogP contribution >= 0.6 is 0 Å². The third-order valence-electron chi connectivity index (χ3n) is 5.09. The molecular weight excluding hydrogens is 396 g/mol. The predicted molar refractivity (Wildman–Crippen MR) is 123 cm³/mol. The molecule has 1 rings (SSSR count). The van der Waals surface area contributed by atoms with Gasteiger partial charge in [-0.3, -0.25) is 0 Å². The number of unbranched alkanes of at least 4 members (excludes halogenated alkanes) is 6. The molecular formula is C25H44O6. The van der Waals surface area contributed by atoms with E-state index in [9.17, 15) is 5.11 Å². The molecule has 1 unspecified atom stereocenters. The van der Waals surface area contributed by atoms with Gasteiger partial charge in [-0.05, 0) is 24.0 Å². The van der Waals surface area contributed by atoms with Crippen LogP contribution in [0.3, 0.4) is 0 Å². The number of rotatable bonds is 22. The molecule has 0 bridgehead atoms. The van der Waals surface area contributed by atoms with Crippen LogP contribution in [0.15, 0.2) is 24.3 Å². The molecule has 0 aliphatic carbocycles. The van der Waals surface area contributed by atoms with E-state index in [2.05, 4.69) is 13.0 Å². The molecule has 180 valence electrons. The Morgan fingerprint density at radius 1 is 0.710 bits per heavy atom. The lowest BCUT2D eigenvalue weighted by molar-refractivity contribution is -0.0189. The fraction of sp³-hybridized carbons (Fsp3) is 0.760. The van der Waals surface area contributed by atoms with Crippen LogP contribution in [0.2, 0.25) is 0 Å². The monoisotopic (exact) mass is 440 g/mol. The van der Waals surface area contributed by atoms with E-state index in [-0.39, 0.29) is 13.2 Å². The van der Waals surface area contributed by atoms with Crippen molar-refractivity contribution in [2.75, 3.05) is 59.5 Å². The second kappa shape index (κ2) is 20.9. The van der Waals surface area contributed by atoms with E-state index < -0.39 is 6.10 Å². The SMILES string of the molecule is CCCCCCCCCc1ccccc1C(O)COCCOCCOCCOCCO. The summed E-state index contributed by atoms with van der Waals surface area (Å²) >= 11 is 0. The summed E-state index contributed by atoms with van der Waals surface area (Å²) in [5.41, 5.74) is 2.20. The molecule has 6 nitrogen and oxygen atoms in total. The Hall–Kier alpha value is -1.02. The molecule has 0 aliphatic heterocycles. The normalized spacial score (nSPS) is 12.4. The van der Waals surface area contributed by atoms with Crippen molar-refractivity contribution in [2.45, 2.75) is 64.4 Å². The molecule has 0 radical (unpaired) electrons. The van der Waals surface area contributed by atoms with Crippen LogP contribution in [-0.2, 0) is 25.4 Å². The first-order valence-corrected chi connectivity index (χ1v) is 12.0. The predicted octanol–water partition coefficient (Wildman–Crippen LogP) is 4.07. The van der Waals surface area contributed by atoms with Crippen LogP contribution in [0.1, 0.15) is 69.1 Å². The molecule has 1 atom stereocenters. The highest BCUT2D eigenvalue weighted by atomic mass is 16.6. The van der Waals surface area contributed by atoms with E-state index in [1.54, 1.807) is 0 Å². The lowest BCUT2D eigenvalue weighted by atomic mass is 9.97. The van der Waals surface area contributed by atoms with Crippen LogP contribution < -0.4 is 0 Å². The molecule has 31 heavy (non-hydrogen) atoms. The summed E-state index contributed by atoms with van der Waals surface area (Å²) in [7, 11) is 0. The largest absolute Gasteiger partial charge is 0.394 e. The van der Waals surface area contributed by atoms with Gasteiger partial charge in [0.15, 0.2) is 0 Å². The molecule has 0 aromatic heterocycles. The number of hydrogen-bond donors (Lipinski definition) is 2. The Labute approximate surface area is 188 Å². The van der Waals surface area contributed by atoms with E-state index in [1.165, 1.54) is 50.5 Å². The minimum Gasteiger partial charge on any atom is -0.394 e. The lowest BCUT2D eigenvalue weighted by Gasteiger charge is -2.16. The first-order chi connectivity index (χ1) is 15.3. The number of aryl methyl sites for hydroxylation is 1. The minimum atomic E-state index is -0.608. The standard InChI is InChI=1S/C25H44O6/c1-2-3-4-5-6-7-8-11-23-12-9-10-13-24(23)25(27)22-31-21-20-30-19-18-29-17-16-28-15-14-26/h9-10,12-13,25-27H,2-8,11,14-22H2,1H3. The molecule has 6 heteroatoms. The van der Waals surface area contributed by atoms with Crippen LogP contribution in [-0.4, -0.2) is 69.7 Å². The van der Waals surface area contributed by atoms with Crippen LogP contribution in [0.25, 0.3) is 0 Å². The van der Waals surface area contributed by atoms with Gasteiger partial charge in [-0.15, -0.1) is 0 Å². The van der Waals surface area contributed by atoms with Crippen molar-refractivity contribution in [1.82, 2.24) is 0 Å². The summed E-state index contributed by atoms with van der Waals surface area (Å²) in [6.45, 7) is 5.75. The molecule has 1 aromatic carbocycles. The topological polar surface area (TPSA) is 77.4 Å². The fourth-order valence-electron chi connectivity index (χ4n) is 3.37. The number of aliphatic hydroxyl groups is 2. The van der Waals surface area contributed by atoms with E-state index in [0.29, 0.717) is 46.2 Å². The minimum absolute atomic E-state index is 0.0303. The molecule has 0 spiro atoms. The molecule has 0 aliphatic rings. The maximum atomic E-state index is 10.5. The number of ether oxygens (including phenoxy) is 4. The van der Waals surface area contributed by atoms with Crippen LogP contribution in [0.5, 0.6) is 0 Å². The maximum Gasteiger partial charge on any atom is 0.103 e. The quantitative estimate of drug-likeness (QED) is 0.265. The zero-order valence-corrected chi connectivity index (χ0v) is 19.4. The van der Waals surface area contributed by atoms with Gasteiger partial charge in [-0.1, -0.05) is 69.7 Å². The van der Waals surface area contributed by atoms with Gasteiger partial charge in [-0.25, -0.2) is 0 Å². The van der Waals surface area contributed by atoms with Gasteiger partial charge in [0, 0.05) is 0 Å². The summed E-state index contributed by atoms with van der Waals surface area (Å²) in [5, 5.41) is 19.1. The summed E-state index contributed by atoms with van der Waals surface area (Å²) in [4.78, 5) is 0. The second-order valence-electron chi connectivity index (χ2n) is 7.72. The van der Waals surface area contributed by atoms with Crippen LogP contribution in [0.4, 0.5) is 0 Å². The van der Waals surface area contributed by atoms with Gasteiger partial charge in [0.05, 0.1) is 59.5 Å². The average molecular weight is 441 g/mol. The van der Waals surface area contributed by atoms with Crippen molar-refractivity contribution in [3.05, 3.63) is 35.4 Å². The highest BCUT2D eigenvalue weighted by Gasteiger charge is 2.12. The average Bonchev–Trinajstić information content (AvgIpc) is 2.79. The summed E-state index contributed by atoms with van der Waals surface area (Å²) in [5.74, 6) is 0. The summed E-state index contributed by atoms with van der Waals surface area (Å²) < 4.78 is 21.5. The van der Waals surface area contributed by atoms with E-state index in [1.807, 2.05) is 18.2 Å². The summed E-state index contributed by atoms with van der Waals surface area (Å²) in [6, 6.07) is 8.14. The van der Waals surface area contributed by atoms with E-state index in [4.69, 9.17) is 24.1 Å². The van der Waals surface area contributed by atoms with Crippen molar-refractivity contribution in [2.24, 2.45) is 0 Å². The zero-order chi connectivity index (χ0) is 22.4. The highest BCUT2D eigenvalue weighted by molar-refractivity contribution is 5.29. The highest BCUT2D eigenvalue weighted by Crippen LogP contribution is 2.21. The Morgan fingerprint density at radius 2 is 1.26 bits per heavy atom. The van der Waals surface area contributed by atoms with Gasteiger partial charge in [0.1, 0.15) is 6.10 Å². The number of benzene rings is 1. The van der Waals surface area contributed by atoms with Crippen molar-refractivity contribution in [3.8, 4) is 0 Å². The number of hydrogen-bond acceptors (Lipinski definition) is 6. The van der Waals surface area contributed by atoms with Gasteiger partial charge in [-0.2, -0.15) is 0 Å². The zero-order valence-electron chi connectivity index (χ0n) is 19.4. The maximum absolute atomic E-state index is 10.5. The molecule has 1 aromatic rings. The first-order valence-electron chi connectivity index (χ1n) is 12.0. The van der Waals surface area contributed by atoms with Crippen LogP contribution in [0, 0.1) is 0 Å².